The van der Waals surface area contributed by atoms with Crippen LogP contribution in [-0.2, 0) is 17.6 Å². The molecule has 0 bridgehead atoms. The third-order valence-electron chi connectivity index (χ3n) is 5.39. The van der Waals surface area contributed by atoms with Crippen LogP contribution >= 0.6 is 0 Å². The summed E-state index contributed by atoms with van der Waals surface area (Å²) in [6.07, 6.45) is 2.77. The summed E-state index contributed by atoms with van der Waals surface area (Å²) < 4.78 is 5.55. The highest BCUT2D eigenvalue weighted by molar-refractivity contribution is 6.04. The molecule has 0 saturated carbocycles. The number of hydrogen-bond acceptors (Lipinski definition) is 5. The molecule has 1 aromatic heterocycles. The number of phenols is 1. The summed E-state index contributed by atoms with van der Waals surface area (Å²) in [5.74, 6) is 1.67. The largest absolute Gasteiger partial charge is 0.508 e. The predicted molar refractivity (Wildman–Crippen MR) is 113 cm³/mol. The van der Waals surface area contributed by atoms with Crippen molar-refractivity contribution >= 4 is 11.6 Å². The first-order chi connectivity index (χ1) is 14.7. The number of furan rings is 1. The Balaban J connectivity index is 1.47. The van der Waals surface area contributed by atoms with E-state index >= 15 is 0 Å². The molecule has 1 saturated heterocycles. The zero-order chi connectivity index (χ0) is 20.5. The molecule has 1 unspecified atom stereocenters. The second-order valence-electron chi connectivity index (χ2n) is 7.49. The van der Waals surface area contributed by atoms with Crippen LogP contribution in [0.1, 0.15) is 16.9 Å². The summed E-state index contributed by atoms with van der Waals surface area (Å²) in [6, 6.07) is 20.4. The highest BCUT2D eigenvalue weighted by Crippen LogP contribution is 2.28. The molecule has 30 heavy (non-hydrogen) atoms. The van der Waals surface area contributed by atoms with Gasteiger partial charge in [0, 0.05) is 12.8 Å². The Morgan fingerprint density at radius 1 is 1.03 bits per heavy atom. The quantitative estimate of drug-likeness (QED) is 0.690. The molecular weight excluding hydrogens is 378 g/mol. The molecule has 5 rings (SSSR count). The van der Waals surface area contributed by atoms with Crippen molar-refractivity contribution < 1.29 is 14.3 Å². The molecule has 1 atom stereocenters. The summed E-state index contributed by atoms with van der Waals surface area (Å²) in [5, 5.41) is 12.9. The Morgan fingerprint density at radius 3 is 2.57 bits per heavy atom. The average molecular weight is 399 g/mol. The molecule has 2 aromatic carbocycles. The van der Waals surface area contributed by atoms with Crippen molar-refractivity contribution in [1.29, 1.82) is 0 Å². The van der Waals surface area contributed by atoms with E-state index in [9.17, 15) is 9.90 Å². The standard InChI is InChI=1S/C24H21N3O3/c28-18-10-8-17(9-11-18)14-20-24(29)27-15-21(22-7-4-12-30-22)25-19(23(27)26-20)13-16-5-2-1-3-6-16/h1-12,20,26,28H,13-15H2. The third kappa shape index (κ3) is 3.48. The minimum absolute atomic E-state index is 0.0163. The van der Waals surface area contributed by atoms with Crippen LogP contribution in [-0.4, -0.2) is 34.2 Å². The highest BCUT2D eigenvalue weighted by atomic mass is 16.3. The van der Waals surface area contributed by atoms with Crippen molar-refractivity contribution in [1.82, 2.24) is 10.2 Å². The van der Waals surface area contributed by atoms with Gasteiger partial charge in [-0.05, 0) is 35.4 Å². The number of carbonyl (C=O) groups excluding carboxylic acids is 1. The second-order valence-corrected chi connectivity index (χ2v) is 7.49. The van der Waals surface area contributed by atoms with Crippen LogP contribution in [0, 0.1) is 0 Å². The van der Waals surface area contributed by atoms with Gasteiger partial charge >= 0.3 is 0 Å². The summed E-state index contributed by atoms with van der Waals surface area (Å²) in [5.41, 5.74) is 3.67. The fourth-order valence-electron chi connectivity index (χ4n) is 3.89. The molecular formula is C24H21N3O3. The lowest BCUT2D eigenvalue weighted by atomic mass is 10.1. The first-order valence-electron chi connectivity index (χ1n) is 9.92. The van der Waals surface area contributed by atoms with Gasteiger partial charge < -0.3 is 14.8 Å². The monoisotopic (exact) mass is 399 g/mol. The maximum atomic E-state index is 13.2. The molecule has 0 aliphatic carbocycles. The van der Waals surface area contributed by atoms with E-state index < -0.39 is 0 Å². The minimum Gasteiger partial charge on any atom is -0.508 e. The van der Waals surface area contributed by atoms with E-state index in [1.54, 1.807) is 23.3 Å². The van der Waals surface area contributed by atoms with Gasteiger partial charge in [0.25, 0.3) is 5.91 Å². The van der Waals surface area contributed by atoms with E-state index in [1.165, 1.54) is 0 Å². The van der Waals surface area contributed by atoms with E-state index in [2.05, 4.69) is 17.4 Å². The summed E-state index contributed by atoms with van der Waals surface area (Å²) in [4.78, 5) is 19.9. The van der Waals surface area contributed by atoms with Gasteiger partial charge in [-0.15, -0.1) is 0 Å². The van der Waals surface area contributed by atoms with E-state index in [-0.39, 0.29) is 17.7 Å². The van der Waals surface area contributed by atoms with Gasteiger partial charge in [-0.3, -0.25) is 9.69 Å². The predicted octanol–water partition coefficient (Wildman–Crippen LogP) is 3.24. The Labute approximate surface area is 174 Å². The number of nitrogens with zero attached hydrogens (tertiary/aromatic N) is 2. The molecule has 2 aliphatic rings. The van der Waals surface area contributed by atoms with Crippen molar-refractivity contribution in [3.63, 3.8) is 0 Å². The topological polar surface area (TPSA) is 78.1 Å². The van der Waals surface area contributed by atoms with Crippen LogP contribution in [0.25, 0.3) is 0 Å². The minimum atomic E-state index is -0.374. The smallest absolute Gasteiger partial charge is 0.251 e. The van der Waals surface area contributed by atoms with E-state index in [0.29, 0.717) is 25.1 Å². The number of amides is 1. The molecule has 150 valence electrons. The Hall–Kier alpha value is -3.80. The maximum Gasteiger partial charge on any atom is 0.251 e. The average Bonchev–Trinajstić information content (AvgIpc) is 3.40. The summed E-state index contributed by atoms with van der Waals surface area (Å²) in [7, 11) is 0. The van der Waals surface area contributed by atoms with Crippen LogP contribution in [0.2, 0.25) is 0 Å². The molecule has 0 spiro atoms. The number of fused-ring (bicyclic) bond motifs is 1. The number of phenolic OH excluding ortho intramolecular Hbond substituents is 1. The Kier molecular flexibility index (Phi) is 4.59. The van der Waals surface area contributed by atoms with Crippen LogP contribution < -0.4 is 5.32 Å². The molecule has 3 heterocycles. The number of hydrogen-bond donors (Lipinski definition) is 2. The highest BCUT2D eigenvalue weighted by Gasteiger charge is 2.40. The molecule has 2 N–H and O–H groups in total. The SMILES string of the molecule is O=C1C(Cc2ccc(O)cc2)NC2=C(Cc3ccccc3)N=C(c3ccco3)CN12. The van der Waals surface area contributed by atoms with Crippen LogP contribution in [0.5, 0.6) is 5.75 Å². The summed E-state index contributed by atoms with van der Waals surface area (Å²) >= 11 is 0. The van der Waals surface area contributed by atoms with Crippen molar-refractivity contribution in [2.24, 2.45) is 4.99 Å². The third-order valence-corrected chi connectivity index (χ3v) is 5.39. The van der Waals surface area contributed by atoms with Crippen LogP contribution in [0.3, 0.4) is 0 Å². The molecule has 1 amide bonds. The zero-order valence-corrected chi connectivity index (χ0v) is 16.3. The van der Waals surface area contributed by atoms with Gasteiger partial charge in [0.2, 0.25) is 0 Å². The Bertz CT molecular complexity index is 1120. The second kappa shape index (κ2) is 7.55. The zero-order valence-electron chi connectivity index (χ0n) is 16.3. The van der Waals surface area contributed by atoms with Crippen molar-refractivity contribution in [2.75, 3.05) is 6.54 Å². The maximum absolute atomic E-state index is 13.2. The van der Waals surface area contributed by atoms with Crippen LogP contribution in [0.15, 0.2) is 93.9 Å². The molecule has 3 aromatic rings. The molecule has 1 fully saturated rings. The number of aromatic hydroxyl groups is 1. The van der Waals surface area contributed by atoms with Gasteiger partial charge in [-0.25, -0.2) is 4.99 Å². The Morgan fingerprint density at radius 2 is 1.83 bits per heavy atom. The fraction of sp³-hybridized carbons (Fsp3) is 0.167. The van der Waals surface area contributed by atoms with Crippen LogP contribution in [0.4, 0.5) is 0 Å². The summed E-state index contributed by atoms with van der Waals surface area (Å²) in [6.45, 7) is 0.374. The van der Waals surface area contributed by atoms with Gasteiger partial charge in [-0.1, -0.05) is 42.5 Å². The number of aliphatic imine (C=N–C) groups is 1. The van der Waals surface area contributed by atoms with Gasteiger partial charge in [0.15, 0.2) is 0 Å². The number of nitrogens with one attached hydrogen (secondary N) is 1. The number of carbonyl (C=O) groups is 1. The van der Waals surface area contributed by atoms with Gasteiger partial charge in [-0.2, -0.15) is 0 Å². The van der Waals surface area contributed by atoms with Crippen molar-refractivity contribution in [3.8, 4) is 5.75 Å². The fourth-order valence-corrected chi connectivity index (χ4v) is 3.89. The lowest BCUT2D eigenvalue weighted by Gasteiger charge is -2.24. The van der Waals surface area contributed by atoms with Gasteiger partial charge in [0.1, 0.15) is 29.1 Å². The lowest BCUT2D eigenvalue weighted by Crippen LogP contribution is -2.36. The molecule has 0 radical (unpaired) electrons. The lowest BCUT2D eigenvalue weighted by molar-refractivity contribution is -0.127. The first kappa shape index (κ1) is 18.2. The van der Waals surface area contributed by atoms with Crippen molar-refractivity contribution in [2.45, 2.75) is 18.9 Å². The molecule has 6 nitrogen and oxygen atoms in total. The van der Waals surface area contributed by atoms with E-state index in [4.69, 9.17) is 9.41 Å². The number of benzene rings is 2. The number of allylic oxidation sites excluding steroid dienone is 1. The molecule has 2 aliphatic heterocycles. The van der Waals surface area contributed by atoms with E-state index in [1.807, 2.05) is 42.5 Å². The van der Waals surface area contributed by atoms with E-state index in [0.717, 1.165) is 28.4 Å². The number of rotatable bonds is 5. The van der Waals surface area contributed by atoms with Crippen molar-refractivity contribution in [3.05, 3.63) is 101 Å². The molecule has 6 heteroatoms. The van der Waals surface area contributed by atoms with Gasteiger partial charge in [0.05, 0.1) is 18.5 Å². The first-order valence-corrected chi connectivity index (χ1v) is 9.92. The normalized spacial score (nSPS) is 18.3.